The highest BCUT2D eigenvalue weighted by Gasteiger charge is 1.95. The average molecular weight is 190 g/mol. The van der Waals surface area contributed by atoms with E-state index in [1.807, 2.05) is 0 Å². The van der Waals surface area contributed by atoms with E-state index in [1.54, 1.807) is 0 Å². The fraction of sp³-hybridized carbons (Fsp3) is 0.875. The third-order valence-electron chi connectivity index (χ3n) is 1.37. The van der Waals surface area contributed by atoms with Gasteiger partial charge in [-0.1, -0.05) is 6.92 Å². The zero-order valence-corrected chi connectivity index (χ0v) is 8.45. The van der Waals surface area contributed by atoms with E-state index >= 15 is 0 Å². The van der Waals surface area contributed by atoms with E-state index in [2.05, 4.69) is 12.2 Å². The van der Waals surface area contributed by atoms with Gasteiger partial charge in [0.05, 0.1) is 0 Å². The Morgan fingerprint density at radius 2 is 2.33 bits per heavy atom. The minimum absolute atomic E-state index is 0.535. The minimum atomic E-state index is 0.535. The molecule has 0 bridgehead atoms. The van der Waals surface area contributed by atoms with Crippen LogP contribution in [0, 0.1) is 0 Å². The molecule has 72 valence electrons. The van der Waals surface area contributed by atoms with E-state index in [0.717, 1.165) is 25.9 Å². The Labute approximate surface area is 79.7 Å². The first-order valence-electron chi connectivity index (χ1n) is 4.37. The Kier molecular flexibility index (Phi) is 8.76. The van der Waals surface area contributed by atoms with Crippen molar-refractivity contribution in [2.45, 2.75) is 19.8 Å². The molecule has 0 spiro atoms. The summed E-state index contributed by atoms with van der Waals surface area (Å²) >= 11 is 4.96. The fourth-order valence-corrected chi connectivity index (χ4v) is 1.01. The van der Waals surface area contributed by atoms with Gasteiger partial charge >= 0.3 is 0 Å². The van der Waals surface area contributed by atoms with Gasteiger partial charge in [0.1, 0.15) is 6.61 Å². The molecule has 12 heavy (non-hydrogen) atoms. The van der Waals surface area contributed by atoms with E-state index in [4.69, 9.17) is 22.7 Å². The summed E-state index contributed by atoms with van der Waals surface area (Å²) in [5, 5.41) is 3.90. The van der Waals surface area contributed by atoms with Crippen molar-refractivity contribution in [3.05, 3.63) is 0 Å². The van der Waals surface area contributed by atoms with E-state index < -0.39 is 0 Å². The summed E-state index contributed by atoms with van der Waals surface area (Å²) in [5.41, 5.74) is 5.26. The maximum Gasteiger partial charge on any atom is 0.159 e. The zero-order chi connectivity index (χ0) is 9.23. The smallest absolute Gasteiger partial charge is 0.159 e. The van der Waals surface area contributed by atoms with E-state index in [0.29, 0.717) is 18.2 Å². The molecule has 3 nitrogen and oxygen atoms in total. The normalized spacial score (nSPS) is 9.83. The van der Waals surface area contributed by atoms with Gasteiger partial charge in [0.25, 0.3) is 0 Å². The molecule has 0 heterocycles. The van der Waals surface area contributed by atoms with Crippen LogP contribution in [-0.2, 0) is 4.74 Å². The van der Waals surface area contributed by atoms with Gasteiger partial charge < -0.3 is 15.8 Å². The molecule has 0 amide bonds. The molecule has 0 atom stereocenters. The molecule has 3 N–H and O–H groups in total. The first-order valence-corrected chi connectivity index (χ1v) is 4.78. The SMILES string of the molecule is CCNCCCC(=S)OCCN. The van der Waals surface area contributed by atoms with Crippen LogP contribution in [0.15, 0.2) is 0 Å². The topological polar surface area (TPSA) is 47.3 Å². The number of hydrogen-bond donors (Lipinski definition) is 2. The van der Waals surface area contributed by atoms with Gasteiger partial charge in [0.15, 0.2) is 5.05 Å². The molecular formula is C8H18N2OS. The predicted molar refractivity (Wildman–Crippen MR) is 55.4 cm³/mol. The van der Waals surface area contributed by atoms with Crippen molar-refractivity contribution in [3.63, 3.8) is 0 Å². The number of nitrogens with two attached hydrogens (primary N) is 1. The second kappa shape index (κ2) is 8.90. The maximum atomic E-state index is 5.26. The summed E-state index contributed by atoms with van der Waals surface area (Å²) in [5.74, 6) is 0. The monoisotopic (exact) mass is 190 g/mol. The lowest BCUT2D eigenvalue weighted by atomic mass is 10.3. The summed E-state index contributed by atoms with van der Waals surface area (Å²) in [6.45, 7) is 5.18. The lowest BCUT2D eigenvalue weighted by Crippen LogP contribution is -2.16. The van der Waals surface area contributed by atoms with Crippen molar-refractivity contribution in [2.24, 2.45) is 5.73 Å². The summed E-state index contributed by atoms with van der Waals surface area (Å²) in [6, 6.07) is 0. The van der Waals surface area contributed by atoms with Crippen molar-refractivity contribution < 1.29 is 4.74 Å². The van der Waals surface area contributed by atoms with Gasteiger partial charge in [0.2, 0.25) is 0 Å². The Bertz CT molecular complexity index is 120. The summed E-state index contributed by atoms with van der Waals surface area (Å²) in [7, 11) is 0. The Morgan fingerprint density at radius 3 is 2.92 bits per heavy atom. The zero-order valence-electron chi connectivity index (χ0n) is 7.64. The first-order chi connectivity index (χ1) is 5.81. The molecular weight excluding hydrogens is 172 g/mol. The third-order valence-corrected chi connectivity index (χ3v) is 1.69. The molecule has 0 saturated heterocycles. The highest BCUT2D eigenvalue weighted by molar-refractivity contribution is 7.80. The van der Waals surface area contributed by atoms with Crippen LogP contribution in [-0.4, -0.2) is 31.3 Å². The van der Waals surface area contributed by atoms with Crippen LogP contribution in [0.25, 0.3) is 0 Å². The highest BCUT2D eigenvalue weighted by Crippen LogP contribution is 1.93. The summed E-state index contributed by atoms with van der Waals surface area (Å²) < 4.78 is 5.15. The van der Waals surface area contributed by atoms with Crippen LogP contribution in [0.2, 0.25) is 0 Å². The molecule has 0 unspecified atom stereocenters. The van der Waals surface area contributed by atoms with E-state index in [-0.39, 0.29) is 0 Å². The summed E-state index contributed by atoms with van der Waals surface area (Å²) in [6.07, 6.45) is 1.89. The van der Waals surface area contributed by atoms with Gasteiger partial charge in [-0.05, 0) is 31.7 Å². The molecule has 0 aromatic heterocycles. The molecule has 0 aromatic carbocycles. The molecule has 0 aliphatic rings. The van der Waals surface area contributed by atoms with E-state index in [9.17, 15) is 0 Å². The quantitative estimate of drug-likeness (QED) is 0.458. The Hall–Kier alpha value is -0.190. The molecule has 0 aliphatic heterocycles. The van der Waals surface area contributed by atoms with Crippen molar-refractivity contribution in [1.82, 2.24) is 5.32 Å². The standard InChI is InChI=1S/C8H18N2OS/c1-2-10-6-3-4-8(12)11-7-5-9/h10H,2-7,9H2,1H3. The largest absolute Gasteiger partial charge is 0.486 e. The second-order valence-corrected chi connectivity index (χ2v) is 2.92. The van der Waals surface area contributed by atoms with Gasteiger partial charge in [-0.15, -0.1) is 0 Å². The molecule has 0 aromatic rings. The molecule has 0 rings (SSSR count). The average Bonchev–Trinajstić information content (AvgIpc) is 2.09. The van der Waals surface area contributed by atoms with Gasteiger partial charge in [-0.25, -0.2) is 0 Å². The maximum absolute atomic E-state index is 5.26. The first kappa shape index (κ1) is 11.8. The molecule has 0 aliphatic carbocycles. The van der Waals surface area contributed by atoms with Crippen LogP contribution in [0.1, 0.15) is 19.8 Å². The van der Waals surface area contributed by atoms with Crippen LogP contribution in [0.5, 0.6) is 0 Å². The lowest BCUT2D eigenvalue weighted by Gasteiger charge is -2.05. The molecule has 0 fully saturated rings. The van der Waals surface area contributed by atoms with Crippen LogP contribution in [0.3, 0.4) is 0 Å². The van der Waals surface area contributed by atoms with Crippen LogP contribution >= 0.6 is 12.2 Å². The summed E-state index contributed by atoms with van der Waals surface area (Å²) in [4.78, 5) is 0. The van der Waals surface area contributed by atoms with Gasteiger partial charge in [-0.3, -0.25) is 0 Å². The van der Waals surface area contributed by atoms with Crippen molar-refractivity contribution in [3.8, 4) is 0 Å². The number of rotatable bonds is 7. The third kappa shape index (κ3) is 7.91. The number of nitrogens with one attached hydrogen (secondary N) is 1. The highest BCUT2D eigenvalue weighted by atomic mass is 32.1. The minimum Gasteiger partial charge on any atom is -0.486 e. The van der Waals surface area contributed by atoms with Crippen LogP contribution < -0.4 is 11.1 Å². The molecule has 4 heteroatoms. The molecule has 0 saturated carbocycles. The number of thiocarbonyl (C=S) groups is 1. The van der Waals surface area contributed by atoms with Crippen LogP contribution in [0.4, 0.5) is 0 Å². The lowest BCUT2D eigenvalue weighted by molar-refractivity contribution is 0.314. The van der Waals surface area contributed by atoms with Gasteiger partial charge in [-0.2, -0.15) is 0 Å². The van der Waals surface area contributed by atoms with Crippen molar-refractivity contribution in [2.75, 3.05) is 26.2 Å². The number of ether oxygens (including phenoxy) is 1. The second-order valence-electron chi connectivity index (χ2n) is 2.47. The number of hydrogen-bond acceptors (Lipinski definition) is 4. The molecule has 0 radical (unpaired) electrons. The van der Waals surface area contributed by atoms with Gasteiger partial charge in [0, 0.05) is 13.0 Å². The Balaban J connectivity index is 3.08. The van der Waals surface area contributed by atoms with Crippen molar-refractivity contribution >= 4 is 17.3 Å². The van der Waals surface area contributed by atoms with E-state index in [1.165, 1.54) is 0 Å². The fourth-order valence-electron chi connectivity index (χ4n) is 0.779. The Morgan fingerprint density at radius 1 is 1.58 bits per heavy atom. The predicted octanol–water partition coefficient (Wildman–Crippen LogP) is 0.679. The van der Waals surface area contributed by atoms with Crippen molar-refractivity contribution in [1.29, 1.82) is 0 Å².